The molecule has 0 aliphatic carbocycles. The molecule has 1 N–H and O–H groups in total. The Morgan fingerprint density at radius 3 is 2.55 bits per heavy atom. The van der Waals surface area contributed by atoms with Crippen LogP contribution in [0.1, 0.15) is 38.0 Å². The molecular formula is C21H31ClIN5O. The van der Waals surface area contributed by atoms with E-state index in [0.29, 0.717) is 12.4 Å². The summed E-state index contributed by atoms with van der Waals surface area (Å²) in [6.45, 7) is 11.6. The first-order valence-corrected chi connectivity index (χ1v) is 10.1. The minimum atomic E-state index is -0.0355. The van der Waals surface area contributed by atoms with Crippen molar-refractivity contribution in [2.75, 3.05) is 33.2 Å². The number of benzene rings is 1. The second-order valence-corrected chi connectivity index (χ2v) is 8.60. The van der Waals surface area contributed by atoms with E-state index in [1.807, 2.05) is 31.4 Å². The highest BCUT2D eigenvalue weighted by Crippen LogP contribution is 2.22. The summed E-state index contributed by atoms with van der Waals surface area (Å²) in [4.78, 5) is 13.5. The van der Waals surface area contributed by atoms with Crippen LogP contribution in [0.25, 0.3) is 0 Å². The molecule has 8 heteroatoms. The highest BCUT2D eigenvalue weighted by molar-refractivity contribution is 14.0. The van der Waals surface area contributed by atoms with Gasteiger partial charge in [-0.2, -0.15) is 0 Å². The lowest BCUT2D eigenvalue weighted by Gasteiger charge is -2.36. The molecular weight excluding hydrogens is 501 g/mol. The van der Waals surface area contributed by atoms with Gasteiger partial charge in [-0.15, -0.1) is 24.0 Å². The van der Waals surface area contributed by atoms with E-state index in [4.69, 9.17) is 16.0 Å². The van der Waals surface area contributed by atoms with Gasteiger partial charge in [0.2, 0.25) is 5.89 Å². The lowest BCUT2D eigenvalue weighted by atomic mass is 9.94. The summed E-state index contributed by atoms with van der Waals surface area (Å²) in [5, 5.41) is 4.17. The highest BCUT2D eigenvalue weighted by atomic mass is 127. The quantitative estimate of drug-likeness (QED) is 0.365. The van der Waals surface area contributed by atoms with Gasteiger partial charge in [0.25, 0.3) is 0 Å². The second kappa shape index (κ2) is 10.6. The summed E-state index contributed by atoms with van der Waals surface area (Å²) in [6.07, 6.45) is 1.81. The number of rotatable bonds is 4. The van der Waals surface area contributed by atoms with Gasteiger partial charge in [0.1, 0.15) is 5.76 Å². The molecule has 0 saturated carbocycles. The van der Waals surface area contributed by atoms with Gasteiger partial charge >= 0.3 is 0 Å². The van der Waals surface area contributed by atoms with Gasteiger partial charge in [-0.05, 0) is 17.7 Å². The van der Waals surface area contributed by atoms with Crippen molar-refractivity contribution in [2.24, 2.45) is 4.99 Å². The van der Waals surface area contributed by atoms with E-state index in [2.05, 4.69) is 51.9 Å². The Morgan fingerprint density at radius 2 is 1.97 bits per heavy atom. The number of nitrogens with one attached hydrogen (secondary N) is 1. The monoisotopic (exact) mass is 531 g/mol. The van der Waals surface area contributed by atoms with Crippen molar-refractivity contribution < 1.29 is 4.42 Å². The van der Waals surface area contributed by atoms with Gasteiger partial charge in [-0.1, -0.05) is 44.5 Å². The number of aliphatic imine (C=N–C) groups is 1. The molecule has 1 fully saturated rings. The molecule has 0 amide bonds. The van der Waals surface area contributed by atoms with E-state index in [1.54, 1.807) is 0 Å². The van der Waals surface area contributed by atoms with Gasteiger partial charge in [0, 0.05) is 50.2 Å². The molecule has 1 aliphatic heterocycles. The summed E-state index contributed by atoms with van der Waals surface area (Å²) in [6, 6.07) is 8.09. The number of nitrogens with zero attached hydrogens (tertiary/aromatic N) is 4. The molecule has 0 atom stereocenters. The Balaban J connectivity index is 0.00000300. The molecule has 0 spiro atoms. The zero-order valence-corrected chi connectivity index (χ0v) is 20.7. The maximum atomic E-state index is 6.09. The molecule has 0 radical (unpaired) electrons. The molecule has 3 rings (SSSR count). The fraction of sp³-hybridized carbons (Fsp3) is 0.524. The largest absolute Gasteiger partial charge is 0.443 e. The van der Waals surface area contributed by atoms with Crippen LogP contribution in [0.2, 0.25) is 5.02 Å². The van der Waals surface area contributed by atoms with Crippen molar-refractivity contribution in [1.82, 2.24) is 20.1 Å². The van der Waals surface area contributed by atoms with Crippen molar-refractivity contribution in [1.29, 1.82) is 0 Å². The van der Waals surface area contributed by atoms with Crippen LogP contribution < -0.4 is 5.32 Å². The summed E-state index contributed by atoms with van der Waals surface area (Å²) >= 11 is 6.09. The molecule has 1 aromatic carbocycles. The predicted molar refractivity (Wildman–Crippen MR) is 129 cm³/mol. The summed E-state index contributed by atoms with van der Waals surface area (Å²) in [7, 11) is 1.82. The maximum absolute atomic E-state index is 6.09. The van der Waals surface area contributed by atoms with Gasteiger partial charge in [0.15, 0.2) is 5.96 Å². The Hall–Kier alpha value is -1.32. The van der Waals surface area contributed by atoms with Crippen LogP contribution in [0.3, 0.4) is 0 Å². The number of guanidine groups is 1. The third-order valence-electron chi connectivity index (χ3n) is 4.87. The van der Waals surface area contributed by atoms with Crippen LogP contribution in [0.5, 0.6) is 0 Å². The van der Waals surface area contributed by atoms with Gasteiger partial charge in [-0.3, -0.25) is 9.89 Å². The molecule has 2 aromatic rings. The van der Waals surface area contributed by atoms with Crippen molar-refractivity contribution in [3.8, 4) is 0 Å². The van der Waals surface area contributed by atoms with Gasteiger partial charge in [0.05, 0.1) is 12.7 Å². The zero-order valence-electron chi connectivity index (χ0n) is 17.6. The van der Waals surface area contributed by atoms with Gasteiger partial charge in [-0.25, -0.2) is 4.98 Å². The molecule has 6 nitrogen and oxygen atoms in total. The van der Waals surface area contributed by atoms with Gasteiger partial charge < -0.3 is 14.6 Å². The number of hydrogen-bond acceptors (Lipinski definition) is 4. The van der Waals surface area contributed by atoms with E-state index >= 15 is 0 Å². The first kappa shape index (κ1) is 24.0. The van der Waals surface area contributed by atoms with Crippen LogP contribution in [-0.4, -0.2) is 54.0 Å². The number of oxazole rings is 1. The molecule has 1 saturated heterocycles. The maximum Gasteiger partial charge on any atom is 0.213 e. The minimum Gasteiger partial charge on any atom is -0.443 e. The van der Waals surface area contributed by atoms with E-state index in [-0.39, 0.29) is 29.4 Å². The standard InChI is InChI=1S/C21H30ClN5O.HI/c1-21(2,3)18-13-24-19(28-18)14-25-20(23-4)27-10-8-26(9-11-27)15-16-6-5-7-17(22)12-16;/h5-7,12-13H,8-11,14-15H2,1-4H3,(H,23,25);1H. The summed E-state index contributed by atoms with van der Waals surface area (Å²) in [5.41, 5.74) is 1.22. The predicted octanol–water partition coefficient (Wildman–Crippen LogP) is 4.14. The average molecular weight is 532 g/mol. The van der Waals surface area contributed by atoms with Crippen molar-refractivity contribution in [2.45, 2.75) is 39.3 Å². The topological polar surface area (TPSA) is 56.9 Å². The first-order valence-electron chi connectivity index (χ1n) is 9.73. The smallest absolute Gasteiger partial charge is 0.213 e. The fourth-order valence-corrected chi connectivity index (χ4v) is 3.45. The molecule has 1 aromatic heterocycles. The van der Waals surface area contributed by atoms with E-state index in [9.17, 15) is 0 Å². The third-order valence-corrected chi connectivity index (χ3v) is 5.10. The molecule has 1 aliphatic rings. The normalized spacial score (nSPS) is 15.9. The Labute approximate surface area is 195 Å². The van der Waals surface area contributed by atoms with Crippen LogP contribution in [0, 0.1) is 0 Å². The Morgan fingerprint density at radius 1 is 1.24 bits per heavy atom. The van der Waals surface area contributed by atoms with Crippen molar-refractivity contribution >= 4 is 41.5 Å². The number of hydrogen-bond donors (Lipinski definition) is 1. The molecule has 2 heterocycles. The molecule has 0 bridgehead atoms. The average Bonchev–Trinajstić information content (AvgIpc) is 3.13. The SMILES string of the molecule is CN=C(NCc1ncc(C(C)(C)C)o1)N1CCN(Cc2cccc(Cl)c2)CC1.I. The number of aromatic nitrogens is 1. The number of piperazine rings is 1. The van der Waals surface area contributed by atoms with Crippen molar-refractivity contribution in [3.05, 3.63) is 52.7 Å². The second-order valence-electron chi connectivity index (χ2n) is 8.16. The highest BCUT2D eigenvalue weighted by Gasteiger charge is 2.21. The van der Waals surface area contributed by atoms with E-state index < -0.39 is 0 Å². The lowest BCUT2D eigenvalue weighted by Crippen LogP contribution is -2.52. The molecule has 29 heavy (non-hydrogen) atoms. The minimum absolute atomic E-state index is 0. The van der Waals surface area contributed by atoms with E-state index in [0.717, 1.165) is 49.5 Å². The zero-order chi connectivity index (χ0) is 20.1. The molecule has 0 unspecified atom stereocenters. The van der Waals surface area contributed by atoms with Crippen LogP contribution in [0.15, 0.2) is 39.9 Å². The van der Waals surface area contributed by atoms with Crippen LogP contribution in [0.4, 0.5) is 0 Å². The van der Waals surface area contributed by atoms with Crippen LogP contribution in [-0.2, 0) is 18.5 Å². The van der Waals surface area contributed by atoms with E-state index in [1.165, 1.54) is 5.56 Å². The Bertz CT molecular complexity index is 809. The molecule has 160 valence electrons. The van der Waals surface area contributed by atoms with Crippen molar-refractivity contribution in [3.63, 3.8) is 0 Å². The lowest BCUT2D eigenvalue weighted by molar-refractivity contribution is 0.172. The van der Waals surface area contributed by atoms with Crippen LogP contribution >= 0.6 is 35.6 Å². The first-order chi connectivity index (χ1) is 13.3. The Kier molecular flexibility index (Phi) is 8.78. The fourth-order valence-electron chi connectivity index (χ4n) is 3.24. The summed E-state index contributed by atoms with van der Waals surface area (Å²) in [5.74, 6) is 2.47. The summed E-state index contributed by atoms with van der Waals surface area (Å²) < 4.78 is 5.86. The number of halogens is 2. The third kappa shape index (κ3) is 6.86.